The highest BCUT2D eigenvalue weighted by Crippen LogP contribution is 2.32. The van der Waals surface area contributed by atoms with Crippen LogP contribution in [0.25, 0.3) is 0 Å². The van der Waals surface area contributed by atoms with Crippen molar-refractivity contribution in [2.75, 3.05) is 20.0 Å². The molecule has 6 nitrogen and oxygen atoms in total. The Morgan fingerprint density at radius 3 is 2.78 bits per heavy atom. The predicted octanol–water partition coefficient (Wildman–Crippen LogP) is 3.67. The van der Waals surface area contributed by atoms with Gasteiger partial charge in [0, 0.05) is 24.3 Å². The first-order valence-corrected chi connectivity index (χ1v) is 9.21. The van der Waals surface area contributed by atoms with Crippen LogP contribution in [0.4, 0.5) is 0 Å². The highest BCUT2D eigenvalue weighted by Gasteiger charge is 2.14. The van der Waals surface area contributed by atoms with Gasteiger partial charge in [0.1, 0.15) is 5.75 Å². The first kappa shape index (κ1) is 19.0. The molecule has 3 rings (SSSR count). The average molecular weight is 371 g/mol. The van der Waals surface area contributed by atoms with Crippen LogP contribution in [-0.4, -0.2) is 25.9 Å². The molecule has 0 unspecified atom stereocenters. The number of carbonyl (C=O) groups is 1. The molecule has 0 atom stereocenters. The summed E-state index contributed by atoms with van der Waals surface area (Å²) in [4.78, 5) is 12.6. The Hall–Kier alpha value is -2.73. The Morgan fingerprint density at radius 1 is 1.11 bits per heavy atom. The summed E-state index contributed by atoms with van der Waals surface area (Å²) in [6, 6.07) is 11.1. The minimum Gasteiger partial charge on any atom is -0.494 e. The second-order valence-corrected chi connectivity index (χ2v) is 6.18. The zero-order valence-corrected chi connectivity index (χ0v) is 15.7. The van der Waals surface area contributed by atoms with Crippen LogP contribution in [0.15, 0.2) is 36.4 Å². The summed E-state index contributed by atoms with van der Waals surface area (Å²) in [5.41, 5.74) is 2.40. The molecule has 6 heteroatoms. The van der Waals surface area contributed by atoms with Gasteiger partial charge in [-0.25, -0.2) is 0 Å². The van der Waals surface area contributed by atoms with Crippen LogP contribution in [0.2, 0.25) is 0 Å². The third kappa shape index (κ3) is 4.92. The monoisotopic (exact) mass is 371 g/mol. The summed E-state index contributed by atoms with van der Waals surface area (Å²) in [6.45, 7) is 6.30. The van der Waals surface area contributed by atoms with Gasteiger partial charge in [0.05, 0.1) is 13.2 Å². The van der Waals surface area contributed by atoms with Crippen molar-refractivity contribution in [2.24, 2.45) is 0 Å². The van der Waals surface area contributed by atoms with Crippen molar-refractivity contribution in [3.8, 4) is 17.2 Å². The second-order valence-electron chi connectivity index (χ2n) is 6.18. The minimum absolute atomic E-state index is 0.146. The van der Waals surface area contributed by atoms with Crippen LogP contribution in [0.5, 0.6) is 17.2 Å². The van der Waals surface area contributed by atoms with Gasteiger partial charge in [-0.1, -0.05) is 13.0 Å². The molecule has 0 radical (unpaired) electrons. The standard InChI is InChI=1S/C21H25NO5/c1-3-9-24-13-17-11-16(6-8-18(17)25-4-2)21(23)22-12-15-5-7-19-20(10-15)27-14-26-19/h5-8,10-11H,3-4,9,12-14H2,1-2H3,(H,22,23). The molecule has 1 aliphatic heterocycles. The fourth-order valence-electron chi connectivity index (χ4n) is 2.79. The van der Waals surface area contributed by atoms with Crippen LogP contribution >= 0.6 is 0 Å². The van der Waals surface area contributed by atoms with E-state index >= 15 is 0 Å². The summed E-state index contributed by atoms with van der Waals surface area (Å²) in [6.07, 6.45) is 0.944. The number of benzene rings is 2. The summed E-state index contributed by atoms with van der Waals surface area (Å²) >= 11 is 0. The molecule has 27 heavy (non-hydrogen) atoms. The van der Waals surface area contributed by atoms with E-state index in [4.69, 9.17) is 18.9 Å². The topological polar surface area (TPSA) is 66.0 Å². The van der Waals surface area contributed by atoms with Gasteiger partial charge in [-0.3, -0.25) is 4.79 Å². The zero-order valence-electron chi connectivity index (χ0n) is 15.7. The highest BCUT2D eigenvalue weighted by atomic mass is 16.7. The molecule has 144 valence electrons. The average Bonchev–Trinajstić information content (AvgIpc) is 3.15. The minimum atomic E-state index is -0.146. The van der Waals surface area contributed by atoms with E-state index in [1.54, 1.807) is 6.07 Å². The molecule has 1 N–H and O–H groups in total. The van der Waals surface area contributed by atoms with Gasteiger partial charge in [0.25, 0.3) is 5.91 Å². The molecule has 0 aliphatic carbocycles. The Morgan fingerprint density at radius 2 is 1.96 bits per heavy atom. The van der Waals surface area contributed by atoms with Gasteiger partial charge in [-0.05, 0) is 49.2 Å². The Balaban J connectivity index is 1.65. The van der Waals surface area contributed by atoms with Crippen LogP contribution in [0.1, 0.15) is 41.8 Å². The van der Waals surface area contributed by atoms with E-state index in [1.165, 1.54) is 0 Å². The normalized spacial score (nSPS) is 12.1. The number of hydrogen-bond donors (Lipinski definition) is 1. The molecule has 0 saturated carbocycles. The number of hydrogen-bond acceptors (Lipinski definition) is 5. The SMILES string of the molecule is CCCOCc1cc(C(=O)NCc2ccc3c(c2)OCO3)ccc1OCC. The number of rotatable bonds is 9. The lowest BCUT2D eigenvalue weighted by Crippen LogP contribution is -2.23. The first-order valence-electron chi connectivity index (χ1n) is 9.21. The quantitative estimate of drug-likeness (QED) is 0.681. The van der Waals surface area contributed by atoms with Gasteiger partial charge in [-0.15, -0.1) is 0 Å². The lowest BCUT2D eigenvalue weighted by molar-refractivity contribution is 0.0949. The van der Waals surface area contributed by atoms with E-state index in [-0.39, 0.29) is 12.7 Å². The third-order valence-corrected chi connectivity index (χ3v) is 4.12. The predicted molar refractivity (Wildman–Crippen MR) is 101 cm³/mol. The van der Waals surface area contributed by atoms with Crippen molar-refractivity contribution in [2.45, 2.75) is 33.4 Å². The van der Waals surface area contributed by atoms with E-state index in [1.807, 2.05) is 37.3 Å². The molecule has 0 saturated heterocycles. The Labute approximate surface area is 159 Å². The van der Waals surface area contributed by atoms with Crippen molar-refractivity contribution in [1.29, 1.82) is 0 Å². The lowest BCUT2D eigenvalue weighted by atomic mass is 10.1. The summed E-state index contributed by atoms with van der Waals surface area (Å²) in [7, 11) is 0. The van der Waals surface area contributed by atoms with Gasteiger partial charge in [0.2, 0.25) is 6.79 Å². The van der Waals surface area contributed by atoms with Crippen molar-refractivity contribution >= 4 is 5.91 Å². The van der Waals surface area contributed by atoms with Crippen molar-refractivity contribution < 1.29 is 23.7 Å². The Bertz CT molecular complexity index is 790. The van der Waals surface area contributed by atoms with Crippen molar-refractivity contribution in [1.82, 2.24) is 5.32 Å². The summed E-state index contributed by atoms with van der Waals surface area (Å²) < 4.78 is 21.9. The van der Waals surface area contributed by atoms with Gasteiger partial charge < -0.3 is 24.3 Å². The fraction of sp³-hybridized carbons (Fsp3) is 0.381. The third-order valence-electron chi connectivity index (χ3n) is 4.12. The lowest BCUT2D eigenvalue weighted by Gasteiger charge is -2.13. The van der Waals surface area contributed by atoms with Crippen LogP contribution in [-0.2, 0) is 17.9 Å². The number of amides is 1. The molecular formula is C21H25NO5. The van der Waals surface area contributed by atoms with Crippen LogP contribution in [0, 0.1) is 0 Å². The number of ether oxygens (including phenoxy) is 4. The number of carbonyl (C=O) groups excluding carboxylic acids is 1. The fourth-order valence-corrected chi connectivity index (χ4v) is 2.79. The van der Waals surface area contributed by atoms with Crippen LogP contribution in [0.3, 0.4) is 0 Å². The molecule has 1 heterocycles. The van der Waals surface area contributed by atoms with Crippen molar-refractivity contribution in [3.63, 3.8) is 0 Å². The first-order chi connectivity index (χ1) is 13.2. The van der Waals surface area contributed by atoms with E-state index < -0.39 is 0 Å². The van der Waals surface area contributed by atoms with Gasteiger partial charge >= 0.3 is 0 Å². The number of fused-ring (bicyclic) bond motifs is 1. The molecular weight excluding hydrogens is 346 g/mol. The smallest absolute Gasteiger partial charge is 0.251 e. The van der Waals surface area contributed by atoms with E-state index in [0.29, 0.717) is 37.7 Å². The van der Waals surface area contributed by atoms with E-state index in [0.717, 1.165) is 29.0 Å². The second kappa shape index (κ2) is 9.28. The largest absolute Gasteiger partial charge is 0.494 e. The maximum Gasteiger partial charge on any atom is 0.251 e. The molecule has 0 bridgehead atoms. The molecule has 2 aromatic rings. The molecule has 2 aromatic carbocycles. The van der Waals surface area contributed by atoms with E-state index in [9.17, 15) is 4.79 Å². The van der Waals surface area contributed by atoms with E-state index in [2.05, 4.69) is 12.2 Å². The maximum absolute atomic E-state index is 12.6. The maximum atomic E-state index is 12.6. The molecule has 1 amide bonds. The number of nitrogens with one attached hydrogen (secondary N) is 1. The summed E-state index contributed by atoms with van der Waals surface area (Å²) in [5.74, 6) is 2.04. The van der Waals surface area contributed by atoms with Gasteiger partial charge in [0.15, 0.2) is 11.5 Å². The Kier molecular flexibility index (Phi) is 6.54. The zero-order chi connectivity index (χ0) is 19.1. The molecule has 0 aromatic heterocycles. The molecule has 0 fully saturated rings. The molecule has 1 aliphatic rings. The highest BCUT2D eigenvalue weighted by molar-refractivity contribution is 5.94. The van der Waals surface area contributed by atoms with Crippen molar-refractivity contribution in [3.05, 3.63) is 53.1 Å². The van der Waals surface area contributed by atoms with Gasteiger partial charge in [-0.2, -0.15) is 0 Å². The van der Waals surface area contributed by atoms with Crippen LogP contribution < -0.4 is 19.5 Å². The summed E-state index contributed by atoms with van der Waals surface area (Å²) in [5, 5.41) is 2.94. The molecule has 0 spiro atoms.